The number of hydrogen-bond acceptors (Lipinski definition) is 3. The molecule has 114 valence electrons. The minimum Gasteiger partial charge on any atom is -0.335 e. The van der Waals surface area contributed by atoms with E-state index in [1.807, 2.05) is 0 Å². The zero-order valence-electron chi connectivity index (χ0n) is 13.2. The minimum atomic E-state index is -0.803. The molecule has 22 heavy (non-hydrogen) atoms. The first kappa shape index (κ1) is 17.3. The average Bonchev–Trinajstić information content (AvgIpc) is 2.46. The van der Waals surface area contributed by atoms with Crippen LogP contribution < -0.4 is 10.6 Å². The van der Waals surface area contributed by atoms with E-state index in [1.54, 1.807) is 33.8 Å². The standard InChI is InChI=1S/C17H19N3O2/c1-7-16(3,4)19-14(21)12-10-9-11-13(18-12)15(22)20-17(5,6)8-2/h1-2,9-11H,3-6H3,(H,19,21)(H,20,22). The van der Waals surface area contributed by atoms with Crippen LogP contribution >= 0.6 is 0 Å². The third-order valence-electron chi connectivity index (χ3n) is 2.79. The third kappa shape index (κ3) is 4.64. The number of rotatable bonds is 4. The van der Waals surface area contributed by atoms with E-state index in [2.05, 4.69) is 27.5 Å². The molecule has 2 N–H and O–H groups in total. The third-order valence-corrected chi connectivity index (χ3v) is 2.79. The van der Waals surface area contributed by atoms with Gasteiger partial charge in [-0.2, -0.15) is 0 Å². The summed E-state index contributed by atoms with van der Waals surface area (Å²) >= 11 is 0. The van der Waals surface area contributed by atoms with Crippen molar-refractivity contribution < 1.29 is 9.59 Å². The molecule has 1 heterocycles. The Balaban J connectivity index is 2.96. The van der Waals surface area contributed by atoms with Crippen molar-refractivity contribution >= 4 is 11.8 Å². The van der Waals surface area contributed by atoms with Crippen LogP contribution in [-0.2, 0) is 0 Å². The number of carbonyl (C=O) groups is 2. The van der Waals surface area contributed by atoms with Crippen molar-refractivity contribution in [3.05, 3.63) is 29.6 Å². The Hall–Kier alpha value is -2.79. The summed E-state index contributed by atoms with van der Waals surface area (Å²) in [5, 5.41) is 5.29. The van der Waals surface area contributed by atoms with Gasteiger partial charge in [-0.05, 0) is 39.8 Å². The Bertz CT molecular complexity index is 621. The molecule has 0 aliphatic carbocycles. The van der Waals surface area contributed by atoms with Crippen LogP contribution in [0.2, 0.25) is 0 Å². The largest absolute Gasteiger partial charge is 0.335 e. The molecule has 0 radical (unpaired) electrons. The minimum absolute atomic E-state index is 0.106. The lowest BCUT2D eigenvalue weighted by atomic mass is 10.1. The molecule has 0 spiro atoms. The van der Waals surface area contributed by atoms with E-state index in [0.717, 1.165) is 0 Å². The van der Waals surface area contributed by atoms with Crippen LogP contribution in [0.4, 0.5) is 0 Å². The fourth-order valence-electron chi connectivity index (χ4n) is 1.46. The van der Waals surface area contributed by atoms with Crippen molar-refractivity contribution in [3.8, 4) is 24.7 Å². The van der Waals surface area contributed by atoms with E-state index in [-0.39, 0.29) is 11.4 Å². The summed E-state index contributed by atoms with van der Waals surface area (Å²) in [6.07, 6.45) is 10.7. The van der Waals surface area contributed by atoms with Crippen molar-refractivity contribution in [2.24, 2.45) is 0 Å². The van der Waals surface area contributed by atoms with Crippen LogP contribution in [0.25, 0.3) is 0 Å². The van der Waals surface area contributed by atoms with Crippen LogP contribution in [0.15, 0.2) is 18.2 Å². The average molecular weight is 297 g/mol. The Labute approximate surface area is 130 Å². The molecule has 0 atom stereocenters. The molecular formula is C17H19N3O2. The molecule has 1 rings (SSSR count). The maximum absolute atomic E-state index is 12.1. The fourth-order valence-corrected chi connectivity index (χ4v) is 1.46. The Morgan fingerprint density at radius 2 is 1.32 bits per heavy atom. The number of carbonyl (C=O) groups excluding carboxylic acids is 2. The molecule has 2 amide bonds. The molecular weight excluding hydrogens is 278 g/mol. The molecule has 0 fully saturated rings. The van der Waals surface area contributed by atoms with Gasteiger partial charge in [-0.3, -0.25) is 9.59 Å². The van der Waals surface area contributed by atoms with Gasteiger partial charge >= 0.3 is 0 Å². The number of nitrogens with one attached hydrogen (secondary N) is 2. The summed E-state index contributed by atoms with van der Waals surface area (Å²) in [7, 11) is 0. The highest BCUT2D eigenvalue weighted by Gasteiger charge is 2.22. The van der Waals surface area contributed by atoms with Crippen molar-refractivity contribution in [2.45, 2.75) is 38.8 Å². The summed E-state index contributed by atoms with van der Waals surface area (Å²) in [6.45, 7) is 6.77. The van der Waals surface area contributed by atoms with E-state index in [0.29, 0.717) is 0 Å². The maximum Gasteiger partial charge on any atom is 0.271 e. The van der Waals surface area contributed by atoms with Crippen molar-refractivity contribution in [2.75, 3.05) is 0 Å². The van der Waals surface area contributed by atoms with Gasteiger partial charge in [0.15, 0.2) is 0 Å². The molecule has 5 nitrogen and oxygen atoms in total. The molecule has 0 bridgehead atoms. The van der Waals surface area contributed by atoms with E-state index in [4.69, 9.17) is 12.8 Å². The number of nitrogens with zero attached hydrogens (tertiary/aromatic N) is 1. The van der Waals surface area contributed by atoms with Crippen LogP contribution in [0.1, 0.15) is 48.7 Å². The van der Waals surface area contributed by atoms with Gasteiger partial charge in [0.1, 0.15) is 11.4 Å². The van der Waals surface area contributed by atoms with Crippen LogP contribution in [0, 0.1) is 24.7 Å². The zero-order chi connectivity index (χ0) is 17.0. The lowest BCUT2D eigenvalue weighted by molar-refractivity contribution is 0.0921. The summed E-state index contributed by atoms with van der Waals surface area (Å²) in [6, 6.07) is 4.58. The Morgan fingerprint density at radius 3 is 1.64 bits per heavy atom. The van der Waals surface area contributed by atoms with E-state index >= 15 is 0 Å². The first-order valence-electron chi connectivity index (χ1n) is 6.68. The van der Waals surface area contributed by atoms with Crippen molar-refractivity contribution in [1.29, 1.82) is 0 Å². The number of hydrogen-bond donors (Lipinski definition) is 2. The van der Waals surface area contributed by atoms with Gasteiger partial charge in [0, 0.05) is 0 Å². The predicted molar refractivity (Wildman–Crippen MR) is 85.0 cm³/mol. The van der Waals surface area contributed by atoms with E-state index < -0.39 is 22.9 Å². The number of terminal acetylenes is 2. The number of pyridine rings is 1. The second-order valence-electron chi connectivity index (χ2n) is 5.85. The summed E-state index contributed by atoms with van der Waals surface area (Å²) in [4.78, 5) is 28.3. The molecule has 0 aliphatic rings. The summed E-state index contributed by atoms with van der Waals surface area (Å²) < 4.78 is 0. The monoisotopic (exact) mass is 297 g/mol. The van der Waals surface area contributed by atoms with Gasteiger partial charge in [0.2, 0.25) is 0 Å². The Morgan fingerprint density at radius 1 is 0.955 bits per heavy atom. The van der Waals surface area contributed by atoms with Crippen molar-refractivity contribution in [3.63, 3.8) is 0 Å². The van der Waals surface area contributed by atoms with Gasteiger partial charge in [-0.15, -0.1) is 12.8 Å². The topological polar surface area (TPSA) is 71.1 Å². The number of amides is 2. The van der Waals surface area contributed by atoms with E-state index in [1.165, 1.54) is 12.1 Å². The van der Waals surface area contributed by atoms with Gasteiger partial charge in [-0.1, -0.05) is 17.9 Å². The SMILES string of the molecule is C#CC(C)(C)NC(=O)c1cccc(C(=O)NC(C)(C)C#C)n1. The van der Waals surface area contributed by atoms with Crippen LogP contribution in [0.3, 0.4) is 0 Å². The van der Waals surface area contributed by atoms with Gasteiger partial charge in [-0.25, -0.2) is 4.98 Å². The second kappa shape index (κ2) is 6.32. The lowest BCUT2D eigenvalue weighted by Crippen LogP contribution is -2.43. The molecule has 5 heteroatoms. The van der Waals surface area contributed by atoms with Gasteiger partial charge in [0.25, 0.3) is 11.8 Å². The molecule has 0 saturated heterocycles. The summed E-state index contributed by atoms with van der Waals surface area (Å²) in [5.74, 6) is 4.01. The molecule has 0 aromatic carbocycles. The molecule has 1 aromatic heterocycles. The fraction of sp³-hybridized carbons (Fsp3) is 0.353. The lowest BCUT2D eigenvalue weighted by Gasteiger charge is -2.20. The second-order valence-corrected chi connectivity index (χ2v) is 5.85. The zero-order valence-corrected chi connectivity index (χ0v) is 13.2. The maximum atomic E-state index is 12.1. The molecule has 0 saturated carbocycles. The highest BCUT2D eigenvalue weighted by molar-refractivity contribution is 5.97. The quantitative estimate of drug-likeness (QED) is 0.825. The summed E-state index contributed by atoms with van der Waals surface area (Å²) in [5.41, 5.74) is -1.39. The highest BCUT2D eigenvalue weighted by atomic mass is 16.2. The van der Waals surface area contributed by atoms with Crippen LogP contribution in [-0.4, -0.2) is 27.9 Å². The number of aromatic nitrogens is 1. The first-order chi connectivity index (χ1) is 10.1. The van der Waals surface area contributed by atoms with Gasteiger partial charge < -0.3 is 10.6 Å². The van der Waals surface area contributed by atoms with E-state index in [9.17, 15) is 9.59 Å². The molecule has 1 aromatic rings. The molecule has 0 aliphatic heterocycles. The van der Waals surface area contributed by atoms with Crippen molar-refractivity contribution in [1.82, 2.24) is 15.6 Å². The molecule has 0 unspecified atom stereocenters. The highest BCUT2D eigenvalue weighted by Crippen LogP contribution is 2.06. The van der Waals surface area contributed by atoms with Gasteiger partial charge in [0.05, 0.1) is 11.1 Å². The first-order valence-corrected chi connectivity index (χ1v) is 6.68. The smallest absolute Gasteiger partial charge is 0.271 e. The van der Waals surface area contributed by atoms with Crippen LogP contribution in [0.5, 0.6) is 0 Å². The predicted octanol–water partition coefficient (Wildman–Crippen LogP) is 1.36. The normalized spacial score (nSPS) is 11.0. The Kier molecular flexibility index (Phi) is 4.96.